The molecule has 1 aliphatic rings. The number of nitrogens with one attached hydrogen (secondary N) is 1. The topological polar surface area (TPSA) is 111 Å². The summed E-state index contributed by atoms with van der Waals surface area (Å²) < 4.78 is 5.85. The van der Waals surface area contributed by atoms with E-state index in [9.17, 15) is 14.9 Å². The molecule has 1 heterocycles. The number of amides is 1. The molecule has 0 radical (unpaired) electrons. The summed E-state index contributed by atoms with van der Waals surface area (Å²) in [5, 5.41) is 14.1. The van der Waals surface area contributed by atoms with E-state index in [2.05, 4.69) is 5.32 Å². The fourth-order valence-electron chi connectivity index (χ4n) is 3.08. The highest BCUT2D eigenvalue weighted by Crippen LogP contribution is 2.23. The molecule has 8 heteroatoms. The summed E-state index contributed by atoms with van der Waals surface area (Å²) in [5.74, 6) is -0.0356. The number of ether oxygens (including phenoxy) is 1. The predicted molar refractivity (Wildman–Crippen MR) is 101 cm³/mol. The van der Waals surface area contributed by atoms with Crippen LogP contribution < -0.4 is 11.1 Å². The number of rotatable bonds is 5. The van der Waals surface area contributed by atoms with Crippen molar-refractivity contribution in [3.05, 3.63) is 69.8 Å². The van der Waals surface area contributed by atoms with Crippen LogP contribution in [0, 0.1) is 10.1 Å². The number of nitrogens with two attached hydrogens (primary N) is 1. The second-order valence-corrected chi connectivity index (χ2v) is 6.68. The van der Waals surface area contributed by atoms with E-state index in [1.807, 2.05) is 25.1 Å². The van der Waals surface area contributed by atoms with Crippen LogP contribution in [0.15, 0.2) is 48.5 Å². The molecular weight excluding hydrogens is 348 g/mol. The lowest BCUT2D eigenvalue weighted by Gasteiger charge is -2.41. The van der Waals surface area contributed by atoms with Gasteiger partial charge in [-0.3, -0.25) is 20.2 Å². The van der Waals surface area contributed by atoms with E-state index in [0.717, 1.165) is 5.56 Å². The Labute approximate surface area is 157 Å². The van der Waals surface area contributed by atoms with Crippen LogP contribution in [0.3, 0.4) is 0 Å². The first-order valence-corrected chi connectivity index (χ1v) is 8.64. The minimum Gasteiger partial charge on any atom is -0.393 e. The smallest absolute Gasteiger partial charge is 0.292 e. The van der Waals surface area contributed by atoms with E-state index in [-0.39, 0.29) is 17.3 Å². The molecule has 1 saturated heterocycles. The van der Waals surface area contributed by atoms with Gasteiger partial charge in [-0.1, -0.05) is 24.3 Å². The van der Waals surface area contributed by atoms with Crippen LogP contribution in [0.4, 0.5) is 11.4 Å². The summed E-state index contributed by atoms with van der Waals surface area (Å²) >= 11 is 0. The quantitative estimate of drug-likeness (QED) is 0.474. The summed E-state index contributed by atoms with van der Waals surface area (Å²) in [4.78, 5) is 24.8. The van der Waals surface area contributed by atoms with E-state index in [1.54, 1.807) is 29.2 Å². The number of anilines is 1. The molecule has 1 aliphatic heterocycles. The van der Waals surface area contributed by atoms with Gasteiger partial charge in [-0.05, 0) is 30.7 Å². The first-order valence-electron chi connectivity index (χ1n) is 8.64. The van der Waals surface area contributed by atoms with Gasteiger partial charge in [-0.2, -0.15) is 0 Å². The first kappa shape index (κ1) is 18.8. The van der Waals surface area contributed by atoms with Crippen LogP contribution in [0.5, 0.6) is 0 Å². The fraction of sp³-hybridized carbons (Fsp3) is 0.316. The van der Waals surface area contributed by atoms with Gasteiger partial charge in [-0.25, -0.2) is 0 Å². The number of nitrogens with zero attached hydrogens (tertiary/aromatic N) is 2. The third kappa shape index (κ3) is 4.42. The molecule has 1 atom stereocenters. The number of carbonyl (C=O) groups excluding carboxylic acids is 1. The Morgan fingerprint density at radius 1 is 1.33 bits per heavy atom. The van der Waals surface area contributed by atoms with Crippen molar-refractivity contribution in [1.29, 1.82) is 0 Å². The average molecular weight is 370 g/mol. The Bertz CT molecular complexity index is 843. The Kier molecular flexibility index (Phi) is 5.38. The Balaban J connectivity index is 1.65. The fourth-order valence-corrected chi connectivity index (χ4v) is 3.08. The maximum atomic E-state index is 12.7. The van der Waals surface area contributed by atoms with Crippen molar-refractivity contribution in [2.24, 2.45) is 0 Å². The molecule has 2 aromatic rings. The molecule has 1 unspecified atom stereocenters. The summed E-state index contributed by atoms with van der Waals surface area (Å²) in [6.45, 7) is 3.63. The zero-order chi connectivity index (χ0) is 19.4. The van der Waals surface area contributed by atoms with E-state index in [1.165, 1.54) is 6.07 Å². The molecule has 0 aromatic heterocycles. The molecule has 3 N–H and O–H groups in total. The number of nitrogen functional groups attached to an aromatic ring is 1. The van der Waals surface area contributed by atoms with Crippen molar-refractivity contribution in [2.45, 2.75) is 19.2 Å². The molecule has 1 amide bonds. The second kappa shape index (κ2) is 7.73. The highest BCUT2D eigenvalue weighted by atomic mass is 16.6. The van der Waals surface area contributed by atoms with Gasteiger partial charge in [0.2, 0.25) is 0 Å². The van der Waals surface area contributed by atoms with Gasteiger partial charge in [0.1, 0.15) is 11.4 Å². The number of nitro groups is 1. The second-order valence-electron chi connectivity index (χ2n) is 6.68. The minimum atomic E-state index is -0.723. The largest absolute Gasteiger partial charge is 0.393 e. The lowest BCUT2D eigenvalue weighted by atomic mass is 10.1. The summed E-state index contributed by atoms with van der Waals surface area (Å²) in [6.07, 6.45) is 0. The Morgan fingerprint density at radius 2 is 2.07 bits per heavy atom. The standard InChI is InChI=1S/C19H22N4O4/c1-19(21-12-14-7-8-17(23(25)26)16(20)11-14)13-22(9-10-27-19)18(24)15-5-3-2-4-6-15/h2-8,11,21H,9-10,12-13,20H2,1H3. The SMILES string of the molecule is CC1(NCc2ccc([N+](=O)[O-])c(N)c2)CN(C(=O)c2ccccc2)CCO1. The van der Waals surface area contributed by atoms with E-state index >= 15 is 0 Å². The maximum absolute atomic E-state index is 12.7. The highest BCUT2D eigenvalue weighted by molar-refractivity contribution is 5.94. The first-order chi connectivity index (χ1) is 12.9. The van der Waals surface area contributed by atoms with Gasteiger partial charge in [0.25, 0.3) is 11.6 Å². The number of hydrogen-bond acceptors (Lipinski definition) is 6. The van der Waals surface area contributed by atoms with E-state index in [0.29, 0.717) is 31.8 Å². The lowest BCUT2D eigenvalue weighted by molar-refractivity contribution is -0.383. The van der Waals surface area contributed by atoms with Crippen molar-refractivity contribution >= 4 is 17.3 Å². The van der Waals surface area contributed by atoms with Crippen LogP contribution in [0.1, 0.15) is 22.8 Å². The van der Waals surface area contributed by atoms with Crippen molar-refractivity contribution in [3.63, 3.8) is 0 Å². The third-order valence-electron chi connectivity index (χ3n) is 4.54. The van der Waals surface area contributed by atoms with Gasteiger partial charge >= 0.3 is 0 Å². The highest BCUT2D eigenvalue weighted by Gasteiger charge is 2.34. The van der Waals surface area contributed by atoms with Gasteiger partial charge in [-0.15, -0.1) is 0 Å². The monoisotopic (exact) mass is 370 g/mol. The third-order valence-corrected chi connectivity index (χ3v) is 4.54. The van der Waals surface area contributed by atoms with Crippen molar-refractivity contribution in [3.8, 4) is 0 Å². The van der Waals surface area contributed by atoms with Crippen LogP contribution in [-0.2, 0) is 11.3 Å². The molecule has 142 valence electrons. The number of nitro benzene ring substituents is 1. The summed E-state index contributed by atoms with van der Waals surface area (Å²) in [5.41, 5.74) is 6.47. The van der Waals surface area contributed by atoms with E-state index in [4.69, 9.17) is 10.5 Å². The minimum absolute atomic E-state index is 0.0356. The predicted octanol–water partition coefficient (Wildman–Crippen LogP) is 2.16. The molecule has 1 fully saturated rings. The molecule has 2 aromatic carbocycles. The maximum Gasteiger partial charge on any atom is 0.292 e. The molecule has 0 spiro atoms. The van der Waals surface area contributed by atoms with Gasteiger partial charge < -0.3 is 15.4 Å². The molecule has 0 bridgehead atoms. The Morgan fingerprint density at radius 3 is 2.74 bits per heavy atom. The average Bonchev–Trinajstić information content (AvgIpc) is 2.66. The molecular formula is C19H22N4O4. The molecule has 8 nitrogen and oxygen atoms in total. The van der Waals surface area contributed by atoms with Gasteiger partial charge in [0, 0.05) is 24.7 Å². The summed E-state index contributed by atoms with van der Waals surface area (Å²) in [6, 6.07) is 13.8. The zero-order valence-electron chi connectivity index (χ0n) is 15.1. The van der Waals surface area contributed by atoms with Gasteiger partial charge in [0.15, 0.2) is 0 Å². The molecule has 0 saturated carbocycles. The van der Waals surface area contributed by atoms with Gasteiger partial charge in [0.05, 0.1) is 18.1 Å². The number of hydrogen-bond donors (Lipinski definition) is 2. The number of carbonyl (C=O) groups is 1. The van der Waals surface area contributed by atoms with E-state index < -0.39 is 10.6 Å². The normalized spacial score (nSPS) is 19.7. The zero-order valence-corrected chi connectivity index (χ0v) is 15.1. The van der Waals surface area contributed by atoms with Crippen LogP contribution in [-0.4, -0.2) is 41.2 Å². The summed E-state index contributed by atoms with van der Waals surface area (Å²) in [7, 11) is 0. The number of morpholine rings is 1. The molecule has 3 rings (SSSR count). The number of benzene rings is 2. The van der Waals surface area contributed by atoms with Crippen LogP contribution in [0.25, 0.3) is 0 Å². The van der Waals surface area contributed by atoms with Crippen molar-refractivity contribution < 1.29 is 14.5 Å². The Hall–Kier alpha value is -2.97. The van der Waals surface area contributed by atoms with Crippen molar-refractivity contribution in [1.82, 2.24) is 10.2 Å². The molecule has 27 heavy (non-hydrogen) atoms. The van der Waals surface area contributed by atoms with Crippen LogP contribution in [0.2, 0.25) is 0 Å². The van der Waals surface area contributed by atoms with Crippen molar-refractivity contribution in [2.75, 3.05) is 25.4 Å². The lowest BCUT2D eigenvalue weighted by Crippen LogP contribution is -2.59. The molecule has 0 aliphatic carbocycles. The van der Waals surface area contributed by atoms with Crippen LogP contribution >= 0.6 is 0 Å².